The fourth-order valence-corrected chi connectivity index (χ4v) is 4.67. The second-order valence-corrected chi connectivity index (χ2v) is 9.42. The fraction of sp³-hybridized carbons (Fsp3) is 0.643. The van der Waals surface area contributed by atoms with Gasteiger partial charge >= 0.3 is 0 Å². The van der Waals surface area contributed by atoms with Crippen LogP contribution < -0.4 is 4.74 Å². The van der Waals surface area contributed by atoms with E-state index in [1.165, 1.54) is 77.0 Å². The molecule has 1 aromatic heterocycles. The number of hydrogen-bond acceptors (Lipinski definition) is 3. The van der Waals surface area contributed by atoms with Crippen LogP contribution in [0.3, 0.4) is 0 Å². The quantitative estimate of drug-likeness (QED) is 0.306. The molecule has 1 heterocycles. The summed E-state index contributed by atoms with van der Waals surface area (Å²) < 4.78 is 6.12. The molecule has 3 rings (SSSR count). The Kier molecular flexibility index (Phi) is 10.3. The Morgan fingerprint density at radius 1 is 0.774 bits per heavy atom. The Morgan fingerprint density at radius 3 is 2.16 bits per heavy atom. The van der Waals surface area contributed by atoms with Gasteiger partial charge in [0.1, 0.15) is 5.75 Å². The first kappa shape index (κ1) is 23.8. The van der Waals surface area contributed by atoms with Gasteiger partial charge in [0.15, 0.2) is 0 Å². The molecule has 31 heavy (non-hydrogen) atoms. The lowest BCUT2D eigenvalue weighted by atomic mass is 9.80. The molecule has 3 nitrogen and oxygen atoms in total. The summed E-state index contributed by atoms with van der Waals surface area (Å²) >= 11 is 0. The minimum atomic E-state index is 0.720. The Morgan fingerprint density at radius 2 is 1.48 bits per heavy atom. The van der Waals surface area contributed by atoms with E-state index in [9.17, 15) is 0 Å². The first-order valence-corrected chi connectivity index (χ1v) is 12.8. The molecular weight excluding hydrogens is 380 g/mol. The third kappa shape index (κ3) is 8.27. The molecule has 0 unspecified atom stereocenters. The lowest BCUT2D eigenvalue weighted by Gasteiger charge is -2.28. The first-order valence-electron chi connectivity index (χ1n) is 12.8. The number of benzene rings is 1. The fourth-order valence-electron chi connectivity index (χ4n) is 4.67. The molecule has 0 bridgehead atoms. The molecule has 1 fully saturated rings. The average molecular weight is 423 g/mol. The largest absolute Gasteiger partial charge is 0.493 e. The van der Waals surface area contributed by atoms with Gasteiger partial charge in [-0.25, -0.2) is 0 Å². The molecule has 1 aliphatic rings. The summed E-state index contributed by atoms with van der Waals surface area (Å²) in [7, 11) is 0. The number of ether oxygens (including phenoxy) is 1. The van der Waals surface area contributed by atoms with E-state index in [-0.39, 0.29) is 0 Å². The van der Waals surface area contributed by atoms with Crippen LogP contribution >= 0.6 is 0 Å². The predicted octanol–water partition coefficient (Wildman–Crippen LogP) is 8.03. The molecule has 0 saturated heterocycles. The van der Waals surface area contributed by atoms with Gasteiger partial charge in [-0.15, -0.1) is 0 Å². The van der Waals surface area contributed by atoms with Crippen molar-refractivity contribution < 1.29 is 4.74 Å². The highest BCUT2D eigenvalue weighted by Gasteiger charge is 2.21. The van der Waals surface area contributed by atoms with Crippen LogP contribution in [0.2, 0.25) is 0 Å². The van der Waals surface area contributed by atoms with Gasteiger partial charge in [0.25, 0.3) is 0 Å². The molecule has 0 radical (unpaired) electrons. The highest BCUT2D eigenvalue weighted by Crippen LogP contribution is 2.32. The molecule has 0 amide bonds. The zero-order valence-electron chi connectivity index (χ0n) is 19.8. The van der Waals surface area contributed by atoms with Gasteiger partial charge < -0.3 is 4.74 Å². The summed E-state index contributed by atoms with van der Waals surface area (Å²) in [6.07, 6.45) is 21.0. The normalized spacial score (nSPS) is 18.8. The number of nitrogens with zero attached hydrogens (tertiary/aromatic N) is 2. The minimum Gasteiger partial charge on any atom is -0.493 e. The van der Waals surface area contributed by atoms with Crippen molar-refractivity contribution in [1.29, 1.82) is 0 Å². The molecule has 0 spiro atoms. The van der Waals surface area contributed by atoms with Crippen molar-refractivity contribution in [3.63, 3.8) is 0 Å². The van der Waals surface area contributed by atoms with Crippen molar-refractivity contribution in [2.75, 3.05) is 6.61 Å². The van der Waals surface area contributed by atoms with Crippen LogP contribution in [0.1, 0.15) is 96.6 Å². The Labute approximate surface area is 190 Å². The summed E-state index contributed by atoms with van der Waals surface area (Å²) in [5.41, 5.74) is 3.13. The highest BCUT2D eigenvalue weighted by molar-refractivity contribution is 5.58. The average Bonchev–Trinajstić information content (AvgIpc) is 2.82. The van der Waals surface area contributed by atoms with Crippen molar-refractivity contribution in [3.05, 3.63) is 42.4 Å². The zero-order chi connectivity index (χ0) is 21.7. The number of aromatic nitrogens is 2. The molecule has 0 atom stereocenters. The van der Waals surface area contributed by atoms with E-state index in [0.717, 1.165) is 47.6 Å². The smallest absolute Gasteiger partial charge is 0.119 e. The highest BCUT2D eigenvalue weighted by atomic mass is 16.5. The Balaban J connectivity index is 1.39. The summed E-state index contributed by atoms with van der Waals surface area (Å²) in [6, 6.07) is 8.36. The van der Waals surface area contributed by atoms with Gasteiger partial charge in [-0.1, -0.05) is 71.6 Å². The molecule has 3 heteroatoms. The Bertz CT molecular complexity index is 718. The molecular formula is C28H42N2O. The number of aryl methyl sites for hydroxylation is 1. The topological polar surface area (TPSA) is 35.0 Å². The molecule has 0 aliphatic heterocycles. The number of rotatable bonds is 13. The first-order chi connectivity index (χ1) is 15.3. The number of unbranched alkanes of at least 4 members (excludes halogenated alkanes) is 5. The molecule has 170 valence electrons. The summed E-state index contributed by atoms with van der Waals surface area (Å²) in [4.78, 5) is 9.24. The van der Waals surface area contributed by atoms with E-state index in [1.54, 1.807) is 0 Å². The standard InChI is InChI=1S/C28H42N2O/c1-3-5-7-9-11-26-20-30-28(21-29-26)25-16-18-27(19-17-25)31-22-24-14-12-23(13-15-24)10-8-6-4-2/h16-21,23-24H,3-15,22H2,1-2H3. The molecule has 0 N–H and O–H groups in total. The van der Waals surface area contributed by atoms with E-state index in [2.05, 4.69) is 48.1 Å². The maximum atomic E-state index is 6.12. The van der Waals surface area contributed by atoms with Crippen molar-refractivity contribution in [2.45, 2.75) is 97.3 Å². The van der Waals surface area contributed by atoms with E-state index in [1.807, 2.05) is 12.4 Å². The zero-order valence-corrected chi connectivity index (χ0v) is 19.8. The molecule has 1 aliphatic carbocycles. The van der Waals surface area contributed by atoms with Crippen molar-refractivity contribution in [3.8, 4) is 17.0 Å². The third-order valence-electron chi connectivity index (χ3n) is 6.81. The van der Waals surface area contributed by atoms with Crippen LogP contribution in [-0.4, -0.2) is 16.6 Å². The molecule has 2 aromatic rings. The van der Waals surface area contributed by atoms with E-state index >= 15 is 0 Å². The molecule has 1 aromatic carbocycles. The van der Waals surface area contributed by atoms with Crippen molar-refractivity contribution in [1.82, 2.24) is 9.97 Å². The van der Waals surface area contributed by atoms with E-state index in [0.29, 0.717) is 0 Å². The SMILES string of the molecule is CCCCCCc1cnc(-c2ccc(OCC3CCC(CCCCC)CC3)cc2)cn1. The van der Waals surface area contributed by atoms with E-state index < -0.39 is 0 Å². The minimum absolute atomic E-state index is 0.720. The second-order valence-electron chi connectivity index (χ2n) is 9.42. The summed E-state index contributed by atoms with van der Waals surface area (Å²) in [6.45, 7) is 5.39. The van der Waals surface area contributed by atoms with Gasteiger partial charge in [0.05, 0.1) is 24.2 Å². The maximum absolute atomic E-state index is 6.12. The third-order valence-corrected chi connectivity index (χ3v) is 6.81. The van der Waals surface area contributed by atoms with Crippen LogP contribution in [0.5, 0.6) is 5.75 Å². The van der Waals surface area contributed by atoms with Gasteiger partial charge in [-0.05, 0) is 61.8 Å². The van der Waals surface area contributed by atoms with Crippen LogP contribution in [0, 0.1) is 11.8 Å². The van der Waals surface area contributed by atoms with Crippen molar-refractivity contribution >= 4 is 0 Å². The monoisotopic (exact) mass is 422 g/mol. The maximum Gasteiger partial charge on any atom is 0.119 e. The van der Waals surface area contributed by atoms with Crippen LogP contribution in [0.4, 0.5) is 0 Å². The van der Waals surface area contributed by atoms with Crippen LogP contribution in [0.15, 0.2) is 36.7 Å². The van der Waals surface area contributed by atoms with Gasteiger partial charge in [-0.2, -0.15) is 0 Å². The van der Waals surface area contributed by atoms with Crippen LogP contribution in [-0.2, 0) is 6.42 Å². The van der Waals surface area contributed by atoms with E-state index in [4.69, 9.17) is 4.74 Å². The lowest BCUT2D eigenvalue weighted by molar-refractivity contribution is 0.177. The molecule has 1 saturated carbocycles. The predicted molar refractivity (Wildman–Crippen MR) is 130 cm³/mol. The van der Waals surface area contributed by atoms with Crippen molar-refractivity contribution in [2.24, 2.45) is 11.8 Å². The summed E-state index contributed by atoms with van der Waals surface area (Å²) in [5.74, 6) is 2.65. The van der Waals surface area contributed by atoms with Gasteiger partial charge in [0.2, 0.25) is 0 Å². The lowest BCUT2D eigenvalue weighted by Crippen LogP contribution is -2.20. The van der Waals surface area contributed by atoms with Crippen LogP contribution in [0.25, 0.3) is 11.3 Å². The summed E-state index contributed by atoms with van der Waals surface area (Å²) in [5, 5.41) is 0. The second kappa shape index (κ2) is 13.5. The number of hydrogen-bond donors (Lipinski definition) is 0. The van der Waals surface area contributed by atoms with Gasteiger partial charge in [0, 0.05) is 11.8 Å². The Hall–Kier alpha value is -1.90. The van der Waals surface area contributed by atoms with Gasteiger partial charge in [-0.3, -0.25) is 9.97 Å².